The van der Waals surface area contributed by atoms with Crippen LogP contribution in [0.15, 0.2) is 53.3 Å². The highest BCUT2D eigenvalue weighted by Gasteiger charge is 2.17. The Labute approximate surface area is 164 Å². The van der Waals surface area contributed by atoms with E-state index < -0.39 is 0 Å². The lowest BCUT2D eigenvalue weighted by atomic mass is 10.1. The number of benzene rings is 2. The summed E-state index contributed by atoms with van der Waals surface area (Å²) in [6.45, 7) is 4.07. The van der Waals surface area contributed by atoms with Gasteiger partial charge in [0.2, 0.25) is 0 Å². The van der Waals surface area contributed by atoms with Gasteiger partial charge in [-0.3, -0.25) is 13.9 Å². The molecular formula is C19H15N3OS3. The molecule has 26 heavy (non-hydrogen) atoms. The van der Waals surface area contributed by atoms with Crippen LogP contribution in [0.5, 0.6) is 0 Å². The number of fused-ring (bicyclic) bond motifs is 1. The first-order valence-electron chi connectivity index (χ1n) is 8.02. The van der Waals surface area contributed by atoms with Crippen molar-refractivity contribution in [1.82, 2.24) is 14.1 Å². The Morgan fingerprint density at radius 3 is 2.23 bits per heavy atom. The Hall–Kier alpha value is -2.35. The summed E-state index contributed by atoms with van der Waals surface area (Å²) in [7, 11) is 0. The molecule has 130 valence electrons. The summed E-state index contributed by atoms with van der Waals surface area (Å²) in [5, 5.41) is 0. The molecule has 4 rings (SSSR count). The minimum absolute atomic E-state index is 0.156. The minimum atomic E-state index is -0.156. The fraction of sp³-hybridized carbons (Fsp3) is 0.105. The van der Waals surface area contributed by atoms with Gasteiger partial charge in [0.05, 0.1) is 11.4 Å². The Morgan fingerprint density at radius 1 is 0.923 bits per heavy atom. The van der Waals surface area contributed by atoms with E-state index in [1.165, 1.54) is 15.9 Å². The topological polar surface area (TPSA) is 42.7 Å². The zero-order valence-electron chi connectivity index (χ0n) is 14.1. The molecule has 0 spiro atoms. The molecule has 0 fully saturated rings. The van der Waals surface area contributed by atoms with Gasteiger partial charge in [0, 0.05) is 0 Å². The predicted octanol–water partition coefficient (Wildman–Crippen LogP) is 5.25. The highest BCUT2D eigenvalue weighted by molar-refractivity contribution is 7.73. The van der Waals surface area contributed by atoms with E-state index in [9.17, 15) is 4.79 Å². The van der Waals surface area contributed by atoms with E-state index in [4.69, 9.17) is 24.4 Å². The van der Waals surface area contributed by atoms with Crippen LogP contribution >= 0.6 is 35.8 Å². The molecule has 0 aliphatic heterocycles. The number of aromatic amines is 1. The smallest absolute Gasteiger partial charge is 0.278 e. The number of para-hydroxylation sites is 2. The molecule has 0 saturated heterocycles. The molecule has 0 radical (unpaired) electrons. The number of nitrogens with zero attached hydrogens (tertiary/aromatic N) is 2. The highest BCUT2D eigenvalue weighted by atomic mass is 32.1. The zero-order chi connectivity index (χ0) is 18.4. The lowest BCUT2D eigenvalue weighted by Gasteiger charge is -2.12. The molecule has 2 heterocycles. The molecule has 0 atom stereocenters. The van der Waals surface area contributed by atoms with Crippen molar-refractivity contribution < 1.29 is 0 Å². The van der Waals surface area contributed by atoms with Crippen molar-refractivity contribution in [2.45, 2.75) is 13.8 Å². The van der Waals surface area contributed by atoms with Crippen LogP contribution in [0.2, 0.25) is 0 Å². The van der Waals surface area contributed by atoms with Crippen molar-refractivity contribution in [2.24, 2.45) is 0 Å². The maximum Gasteiger partial charge on any atom is 0.278 e. The second-order valence-electron chi connectivity index (χ2n) is 6.03. The lowest BCUT2D eigenvalue weighted by molar-refractivity contribution is 0.925. The Morgan fingerprint density at radius 2 is 1.58 bits per heavy atom. The number of aryl methyl sites for hydroxylation is 2. The molecule has 0 aliphatic carbocycles. The SMILES string of the molecule is Cc1cccc(C)c1-n1c(=S)sc2c(=O)n(-c3ccccc3)c(=S)[nH]c21. The fourth-order valence-corrected chi connectivity index (χ4v) is 4.74. The normalized spacial score (nSPS) is 11.2. The first-order chi connectivity index (χ1) is 12.5. The standard InChI is InChI=1S/C19H15N3OS3/c1-11-7-6-8-12(2)14(11)22-16-15(26-19(22)25)17(23)21(18(24)20-16)13-9-4-3-5-10-13/h3-10H,1-2H3,(H,20,24). The number of aromatic nitrogens is 3. The van der Waals surface area contributed by atoms with Gasteiger partial charge in [0.15, 0.2) is 8.73 Å². The molecule has 0 amide bonds. The zero-order valence-corrected chi connectivity index (χ0v) is 16.6. The molecular weight excluding hydrogens is 382 g/mol. The Bertz CT molecular complexity index is 1290. The van der Waals surface area contributed by atoms with Crippen LogP contribution in [0.25, 0.3) is 21.7 Å². The van der Waals surface area contributed by atoms with Gasteiger partial charge in [-0.1, -0.05) is 47.7 Å². The summed E-state index contributed by atoms with van der Waals surface area (Å²) in [5.74, 6) is 0. The Kier molecular flexibility index (Phi) is 4.22. The van der Waals surface area contributed by atoms with E-state index in [1.807, 2.05) is 66.9 Å². The average Bonchev–Trinajstić information content (AvgIpc) is 2.93. The van der Waals surface area contributed by atoms with Gasteiger partial charge in [-0.25, -0.2) is 0 Å². The van der Waals surface area contributed by atoms with E-state index in [-0.39, 0.29) is 5.56 Å². The fourth-order valence-electron chi connectivity index (χ4n) is 3.16. The molecule has 4 aromatic rings. The molecule has 4 nitrogen and oxygen atoms in total. The molecule has 0 saturated carbocycles. The second kappa shape index (κ2) is 6.42. The number of thiazole rings is 1. The summed E-state index contributed by atoms with van der Waals surface area (Å²) in [5.41, 5.74) is 4.40. The van der Waals surface area contributed by atoms with Gasteiger partial charge in [-0.15, -0.1) is 0 Å². The molecule has 0 aliphatic rings. The van der Waals surface area contributed by atoms with E-state index in [0.717, 1.165) is 22.5 Å². The molecule has 2 aromatic carbocycles. The van der Waals surface area contributed by atoms with Gasteiger partial charge < -0.3 is 4.98 Å². The quantitative estimate of drug-likeness (QED) is 0.470. The van der Waals surface area contributed by atoms with Gasteiger partial charge in [-0.2, -0.15) is 0 Å². The van der Waals surface area contributed by atoms with Crippen LogP contribution in [-0.4, -0.2) is 14.1 Å². The van der Waals surface area contributed by atoms with Gasteiger partial charge in [-0.05, 0) is 61.5 Å². The van der Waals surface area contributed by atoms with Crippen LogP contribution in [0, 0.1) is 22.6 Å². The third-order valence-corrected chi connectivity index (χ3v) is 5.96. The molecule has 1 N–H and O–H groups in total. The first-order valence-corrected chi connectivity index (χ1v) is 9.65. The number of nitrogens with one attached hydrogen (secondary N) is 1. The van der Waals surface area contributed by atoms with Crippen molar-refractivity contribution in [3.05, 3.63) is 78.7 Å². The van der Waals surface area contributed by atoms with Crippen LogP contribution in [-0.2, 0) is 0 Å². The van der Waals surface area contributed by atoms with Crippen LogP contribution in [0.4, 0.5) is 0 Å². The number of hydrogen-bond donors (Lipinski definition) is 1. The van der Waals surface area contributed by atoms with Crippen LogP contribution in [0.1, 0.15) is 11.1 Å². The average molecular weight is 398 g/mol. The minimum Gasteiger partial charge on any atom is -0.316 e. The third-order valence-electron chi connectivity index (χ3n) is 4.31. The van der Waals surface area contributed by atoms with E-state index in [0.29, 0.717) is 19.1 Å². The van der Waals surface area contributed by atoms with Gasteiger partial charge in [0.1, 0.15) is 10.3 Å². The third kappa shape index (κ3) is 2.59. The maximum atomic E-state index is 13.1. The first kappa shape index (κ1) is 17.1. The second-order valence-corrected chi connectivity index (χ2v) is 8.06. The molecule has 7 heteroatoms. The number of H-pyrrole nitrogens is 1. The largest absolute Gasteiger partial charge is 0.316 e. The van der Waals surface area contributed by atoms with Crippen LogP contribution in [0.3, 0.4) is 0 Å². The monoisotopic (exact) mass is 397 g/mol. The molecule has 0 bridgehead atoms. The van der Waals surface area contributed by atoms with E-state index in [1.54, 1.807) is 0 Å². The van der Waals surface area contributed by atoms with E-state index in [2.05, 4.69) is 4.98 Å². The van der Waals surface area contributed by atoms with E-state index >= 15 is 0 Å². The summed E-state index contributed by atoms with van der Waals surface area (Å²) in [6.07, 6.45) is 0. The summed E-state index contributed by atoms with van der Waals surface area (Å²) >= 11 is 12.4. The summed E-state index contributed by atoms with van der Waals surface area (Å²) in [4.78, 5) is 16.4. The highest BCUT2D eigenvalue weighted by Crippen LogP contribution is 2.27. The Balaban J connectivity index is 2.12. The van der Waals surface area contributed by atoms with Crippen molar-refractivity contribution in [2.75, 3.05) is 0 Å². The van der Waals surface area contributed by atoms with Crippen molar-refractivity contribution >= 4 is 46.1 Å². The molecule has 2 aromatic heterocycles. The van der Waals surface area contributed by atoms with Crippen LogP contribution < -0.4 is 5.56 Å². The lowest BCUT2D eigenvalue weighted by Crippen LogP contribution is -2.20. The number of hydrogen-bond acceptors (Lipinski definition) is 4. The van der Waals surface area contributed by atoms with Gasteiger partial charge >= 0.3 is 0 Å². The van der Waals surface area contributed by atoms with Crippen molar-refractivity contribution in [3.8, 4) is 11.4 Å². The molecule has 0 unspecified atom stereocenters. The maximum absolute atomic E-state index is 13.1. The predicted molar refractivity (Wildman–Crippen MR) is 112 cm³/mol. The summed E-state index contributed by atoms with van der Waals surface area (Å²) in [6, 6.07) is 15.5. The van der Waals surface area contributed by atoms with Crippen molar-refractivity contribution in [3.63, 3.8) is 0 Å². The van der Waals surface area contributed by atoms with Gasteiger partial charge in [0.25, 0.3) is 5.56 Å². The van der Waals surface area contributed by atoms with Crippen molar-refractivity contribution in [1.29, 1.82) is 0 Å². The summed E-state index contributed by atoms with van der Waals surface area (Å²) < 4.78 is 4.97. The number of rotatable bonds is 2.